The Kier molecular flexibility index (Phi) is 8.30. The van der Waals surface area contributed by atoms with E-state index in [0.29, 0.717) is 57.1 Å². The van der Waals surface area contributed by atoms with Crippen molar-refractivity contribution in [2.24, 2.45) is 17.8 Å². The summed E-state index contributed by atoms with van der Waals surface area (Å²) in [6, 6.07) is 5.57. The van der Waals surface area contributed by atoms with Crippen molar-refractivity contribution in [3.63, 3.8) is 0 Å². The number of carbonyl (C=O) groups excluding carboxylic acids is 3. The number of nitrogens with one attached hydrogen (secondary N) is 2. The molecule has 2 aromatic rings. The number of hydrogen-bond donors (Lipinski definition) is 2. The average molecular weight is 667 g/mol. The predicted octanol–water partition coefficient (Wildman–Crippen LogP) is 3.02. The van der Waals surface area contributed by atoms with E-state index in [-0.39, 0.29) is 18.2 Å². The Balaban J connectivity index is 1.18. The number of nitrogens with zero attached hydrogens (tertiary/aromatic N) is 2. The molecule has 3 heterocycles. The van der Waals surface area contributed by atoms with Gasteiger partial charge in [0.1, 0.15) is 23.1 Å². The Bertz CT molecular complexity index is 1740. The van der Waals surface area contributed by atoms with Crippen LogP contribution in [0.2, 0.25) is 0 Å². The number of amides is 3. The van der Waals surface area contributed by atoms with Crippen molar-refractivity contribution >= 4 is 38.6 Å². The summed E-state index contributed by atoms with van der Waals surface area (Å²) < 4.78 is 45.8. The molecule has 0 radical (unpaired) electrons. The van der Waals surface area contributed by atoms with Crippen LogP contribution in [0.3, 0.4) is 0 Å². The maximum atomic E-state index is 14.1. The third kappa shape index (κ3) is 6.14. The summed E-state index contributed by atoms with van der Waals surface area (Å²) in [5, 5.41) is 3.16. The van der Waals surface area contributed by atoms with Gasteiger partial charge in [-0.1, -0.05) is 12.2 Å². The van der Waals surface area contributed by atoms with Crippen molar-refractivity contribution < 1.29 is 37.0 Å². The molecule has 2 N–H and O–H groups in total. The summed E-state index contributed by atoms with van der Waals surface area (Å²) in [5.74, 6) is -1.32. The van der Waals surface area contributed by atoms with E-state index in [4.69, 9.17) is 19.2 Å². The van der Waals surface area contributed by atoms with Gasteiger partial charge in [-0.3, -0.25) is 19.1 Å². The third-order valence-corrected chi connectivity index (χ3v) is 12.0. The smallest absolute Gasteiger partial charge is 0.259 e. The van der Waals surface area contributed by atoms with E-state index in [1.54, 1.807) is 18.0 Å². The van der Waals surface area contributed by atoms with Crippen LogP contribution in [0.25, 0.3) is 10.9 Å². The lowest BCUT2D eigenvalue weighted by molar-refractivity contribution is -0.140. The van der Waals surface area contributed by atoms with Crippen LogP contribution in [0, 0.1) is 17.8 Å². The summed E-state index contributed by atoms with van der Waals surface area (Å²) in [6.45, 7) is 3.45. The van der Waals surface area contributed by atoms with Gasteiger partial charge in [-0.05, 0) is 70.4 Å². The highest BCUT2D eigenvalue weighted by atomic mass is 32.2. The highest BCUT2D eigenvalue weighted by Crippen LogP contribution is 2.47. The number of sulfonamides is 1. The van der Waals surface area contributed by atoms with Crippen molar-refractivity contribution in [3.8, 4) is 17.4 Å². The minimum atomic E-state index is -3.81. The van der Waals surface area contributed by atoms with Gasteiger partial charge in [0, 0.05) is 42.9 Å². The van der Waals surface area contributed by atoms with E-state index in [2.05, 4.69) is 10.0 Å². The summed E-state index contributed by atoms with van der Waals surface area (Å²) in [6.07, 6.45) is 8.41. The quantitative estimate of drug-likeness (QED) is 0.425. The van der Waals surface area contributed by atoms with Gasteiger partial charge in [0.2, 0.25) is 27.7 Å². The van der Waals surface area contributed by atoms with Gasteiger partial charge in [0.25, 0.3) is 5.91 Å². The monoisotopic (exact) mass is 666 g/mol. The molecule has 0 bridgehead atoms. The second-order valence-electron chi connectivity index (χ2n) is 13.5. The largest absolute Gasteiger partial charge is 0.493 e. The van der Waals surface area contributed by atoms with E-state index >= 15 is 0 Å². The van der Waals surface area contributed by atoms with E-state index in [1.165, 1.54) is 0 Å². The number of allylic oxidation sites excluding steroid dienone is 1. The zero-order valence-electron chi connectivity index (χ0n) is 26.8. The molecule has 7 rings (SSSR count). The van der Waals surface area contributed by atoms with Crippen LogP contribution in [0.4, 0.5) is 0 Å². The number of pyridine rings is 1. The second-order valence-corrected chi connectivity index (χ2v) is 15.4. The molecule has 252 valence electrons. The van der Waals surface area contributed by atoms with Crippen molar-refractivity contribution in [3.05, 3.63) is 35.9 Å². The van der Waals surface area contributed by atoms with Crippen LogP contribution in [0.15, 0.2) is 30.4 Å². The Morgan fingerprint density at radius 2 is 2.00 bits per heavy atom. The first kappa shape index (κ1) is 31.7. The van der Waals surface area contributed by atoms with Gasteiger partial charge in [-0.15, -0.1) is 0 Å². The first-order chi connectivity index (χ1) is 22.6. The van der Waals surface area contributed by atoms with Crippen molar-refractivity contribution in [1.82, 2.24) is 19.9 Å². The molecule has 3 amide bonds. The molecule has 5 atom stereocenters. The summed E-state index contributed by atoms with van der Waals surface area (Å²) in [7, 11) is -2.05. The second kappa shape index (κ2) is 12.3. The maximum Gasteiger partial charge on any atom is 0.259 e. The van der Waals surface area contributed by atoms with Crippen molar-refractivity contribution in [2.75, 3.05) is 26.8 Å². The highest BCUT2D eigenvalue weighted by Gasteiger charge is 2.62. The molecule has 3 aliphatic carbocycles. The Morgan fingerprint density at radius 3 is 2.79 bits per heavy atom. The van der Waals surface area contributed by atoms with Crippen molar-refractivity contribution in [1.29, 1.82) is 0 Å². The number of carbonyl (C=O) groups is 3. The molecule has 5 aliphatic rings. The third-order valence-electron chi connectivity index (χ3n) is 10.2. The molecule has 0 spiro atoms. The first-order valence-electron chi connectivity index (χ1n) is 16.8. The predicted molar refractivity (Wildman–Crippen MR) is 172 cm³/mol. The number of benzene rings is 1. The highest BCUT2D eigenvalue weighted by molar-refractivity contribution is 7.91. The molecular weight excluding hydrogens is 624 g/mol. The van der Waals surface area contributed by atoms with Crippen LogP contribution in [0.1, 0.15) is 63.9 Å². The molecule has 1 aromatic carbocycles. The standard InChI is InChI=1S/C34H42N4O8S/c1-3-44-29-18-28(23-11-12-27-24(13-15-45-27)30(23)35-29)46-21-16-25-26(17-21)32(40)38(2)14-7-5-4-6-8-20-19-34(20,36-31(25)39)33(41)37-47(42,43)22-9-10-22/h6,8,11-12,18,20-22,25-26H,3-5,7,9-10,13-17,19H2,1-2H3,(H,36,39)(H,37,41). The van der Waals surface area contributed by atoms with Gasteiger partial charge in [-0.2, -0.15) is 0 Å². The molecule has 3 fully saturated rings. The summed E-state index contributed by atoms with van der Waals surface area (Å²) in [4.78, 5) is 47.9. The van der Waals surface area contributed by atoms with Crippen molar-refractivity contribution in [2.45, 2.75) is 81.6 Å². The van der Waals surface area contributed by atoms with Crippen LogP contribution < -0.4 is 24.2 Å². The SMILES string of the molecule is CCOc1cc(OC2CC3C(=O)NC4(C(=O)NS(=O)(=O)C5CC5)CC4C=CCCCCN(C)C(=O)C3C2)c2ccc3c(c2n1)CCO3. The minimum absolute atomic E-state index is 0.143. The molecule has 47 heavy (non-hydrogen) atoms. The van der Waals surface area contributed by atoms with Crippen LogP contribution >= 0.6 is 0 Å². The maximum absolute atomic E-state index is 14.1. The van der Waals surface area contributed by atoms with Crippen LogP contribution in [-0.4, -0.2) is 79.7 Å². The zero-order chi connectivity index (χ0) is 32.9. The average Bonchev–Trinajstić information content (AvgIpc) is 3.91. The molecule has 13 heteroatoms. The minimum Gasteiger partial charge on any atom is -0.493 e. The Morgan fingerprint density at radius 1 is 1.19 bits per heavy atom. The topological polar surface area (TPSA) is 153 Å². The Hall–Kier alpha value is -3.87. The number of hydrogen-bond acceptors (Lipinski definition) is 9. The lowest BCUT2D eigenvalue weighted by atomic mass is 9.93. The molecule has 3 saturated carbocycles. The molecule has 5 unspecified atom stereocenters. The van der Waals surface area contributed by atoms with Gasteiger partial charge in [0.15, 0.2) is 0 Å². The number of fused-ring (bicyclic) bond motifs is 5. The van der Waals surface area contributed by atoms with E-state index < -0.39 is 50.6 Å². The van der Waals surface area contributed by atoms with Gasteiger partial charge in [-0.25, -0.2) is 13.4 Å². The molecule has 12 nitrogen and oxygen atoms in total. The summed E-state index contributed by atoms with van der Waals surface area (Å²) >= 11 is 0. The van der Waals surface area contributed by atoms with E-state index in [9.17, 15) is 22.8 Å². The van der Waals surface area contributed by atoms with E-state index in [0.717, 1.165) is 47.9 Å². The van der Waals surface area contributed by atoms with Gasteiger partial charge >= 0.3 is 0 Å². The van der Waals surface area contributed by atoms with Gasteiger partial charge in [0.05, 0.1) is 35.8 Å². The molecule has 0 saturated heterocycles. The Labute approximate surface area is 274 Å². The number of aromatic nitrogens is 1. The normalized spacial score (nSPS) is 29.2. The number of rotatable bonds is 7. The lowest BCUT2D eigenvalue weighted by Gasteiger charge is -2.26. The fourth-order valence-corrected chi connectivity index (χ4v) is 8.67. The fourth-order valence-electron chi connectivity index (χ4n) is 7.31. The first-order valence-corrected chi connectivity index (χ1v) is 18.3. The molecule has 1 aromatic heterocycles. The number of ether oxygens (including phenoxy) is 3. The zero-order valence-corrected chi connectivity index (χ0v) is 27.6. The summed E-state index contributed by atoms with van der Waals surface area (Å²) in [5.41, 5.74) is 0.354. The lowest BCUT2D eigenvalue weighted by Crippen LogP contribution is -2.54. The van der Waals surface area contributed by atoms with E-state index in [1.807, 2.05) is 31.2 Å². The fraction of sp³-hybridized carbons (Fsp3) is 0.588. The van der Waals surface area contributed by atoms with Crippen LogP contribution in [0.5, 0.6) is 17.4 Å². The molecular formula is C34H42N4O8S. The molecule has 2 aliphatic heterocycles. The van der Waals surface area contributed by atoms with Gasteiger partial charge < -0.3 is 24.4 Å². The van der Waals surface area contributed by atoms with Crippen LogP contribution in [-0.2, 0) is 30.8 Å².